The summed E-state index contributed by atoms with van der Waals surface area (Å²) < 4.78 is 28.4. The number of halogens is 2. The maximum atomic E-state index is 14.2. The molecule has 2 atom stereocenters. The summed E-state index contributed by atoms with van der Waals surface area (Å²) in [5.74, 6) is 1.41. The van der Waals surface area contributed by atoms with Crippen molar-refractivity contribution in [3.8, 4) is 11.1 Å². The van der Waals surface area contributed by atoms with Crippen molar-refractivity contribution in [3.05, 3.63) is 53.2 Å². The number of fused-ring (bicyclic) bond motifs is 2. The van der Waals surface area contributed by atoms with Crippen LogP contribution in [0.1, 0.15) is 42.7 Å². The number of carbonyl (C=O) groups excluding carboxylic acids is 1. The van der Waals surface area contributed by atoms with Gasteiger partial charge in [0, 0.05) is 55.1 Å². The first kappa shape index (κ1) is 29.9. The normalized spacial score (nSPS) is 19.5. The average Bonchev–Trinajstić information content (AvgIpc) is 3.38. The fourth-order valence-corrected chi connectivity index (χ4v) is 6.82. The highest BCUT2D eigenvalue weighted by molar-refractivity contribution is 6.05. The number of aromatic nitrogens is 4. The zero-order valence-corrected chi connectivity index (χ0v) is 26.4. The number of carbonyl (C=O) groups is 1. The number of nitrogens with zero attached hydrogens (tertiary/aromatic N) is 7. The molecule has 1 amide bonds. The van der Waals surface area contributed by atoms with Gasteiger partial charge >= 0.3 is 0 Å². The molecule has 2 aromatic heterocycles. The second-order valence-electron chi connectivity index (χ2n) is 12.6. The van der Waals surface area contributed by atoms with Crippen molar-refractivity contribution >= 4 is 39.5 Å². The fourth-order valence-electron chi connectivity index (χ4n) is 6.82. The highest BCUT2D eigenvalue weighted by Gasteiger charge is 2.36. The molecule has 4 heterocycles. The Labute approximate surface area is 256 Å². The smallest absolute Gasteiger partial charge is 0.280 e. The summed E-state index contributed by atoms with van der Waals surface area (Å²) in [6.07, 6.45) is -1.31. The van der Waals surface area contributed by atoms with Gasteiger partial charge in [0.25, 0.3) is 6.43 Å². The molecule has 4 aromatic rings. The second kappa shape index (κ2) is 11.1. The molecule has 11 heteroatoms. The molecule has 0 saturated carbocycles. The molecule has 232 valence electrons. The summed E-state index contributed by atoms with van der Waals surface area (Å²) in [6, 6.07) is 6.18. The average molecular weight is 603 g/mol. The van der Waals surface area contributed by atoms with Crippen LogP contribution in [0.2, 0.25) is 0 Å². The van der Waals surface area contributed by atoms with Gasteiger partial charge in [-0.3, -0.25) is 9.89 Å². The van der Waals surface area contributed by atoms with Gasteiger partial charge in [0.05, 0.1) is 11.0 Å². The predicted molar refractivity (Wildman–Crippen MR) is 172 cm³/mol. The standard InChI is InChI=1S/C33H40F2N8O/c1-9-25(44)42-13-20(5)43(14-19(42)4)32-23-12-18(3)26(27-17(2)10-11-24-28(27)30(31(34)35)39-38-24)21(6)29(23)36-33(37-32)41-15-22(16-41)40(7)8/h9-12,19-20,22,31H,1,13-16H2,2-8H3,(H,38,39)/t19-,20+/m1/s1. The minimum absolute atomic E-state index is 0.00257. The Morgan fingerprint density at radius 2 is 1.77 bits per heavy atom. The molecule has 0 unspecified atom stereocenters. The van der Waals surface area contributed by atoms with Crippen LogP contribution in [-0.4, -0.2) is 94.3 Å². The molecule has 2 aliphatic heterocycles. The van der Waals surface area contributed by atoms with Crippen molar-refractivity contribution in [1.82, 2.24) is 30.0 Å². The van der Waals surface area contributed by atoms with Gasteiger partial charge in [-0.05, 0) is 94.7 Å². The van der Waals surface area contributed by atoms with Gasteiger partial charge < -0.3 is 19.6 Å². The van der Waals surface area contributed by atoms with Gasteiger partial charge in [-0.25, -0.2) is 13.8 Å². The molecule has 9 nitrogen and oxygen atoms in total. The van der Waals surface area contributed by atoms with Gasteiger partial charge in [-0.2, -0.15) is 10.1 Å². The van der Waals surface area contributed by atoms with E-state index in [1.54, 1.807) is 6.07 Å². The monoisotopic (exact) mass is 602 g/mol. The lowest BCUT2D eigenvalue weighted by Gasteiger charge is -2.46. The van der Waals surface area contributed by atoms with E-state index in [1.807, 2.05) is 38.7 Å². The van der Waals surface area contributed by atoms with Crippen LogP contribution in [0.4, 0.5) is 20.5 Å². The van der Waals surface area contributed by atoms with Crippen LogP contribution in [0, 0.1) is 20.8 Å². The van der Waals surface area contributed by atoms with Crippen molar-refractivity contribution in [2.45, 2.75) is 59.2 Å². The summed E-state index contributed by atoms with van der Waals surface area (Å²) >= 11 is 0. The lowest BCUT2D eigenvalue weighted by Crippen LogP contribution is -2.59. The van der Waals surface area contributed by atoms with E-state index in [4.69, 9.17) is 9.97 Å². The Hall–Kier alpha value is -4.12. The third-order valence-corrected chi connectivity index (χ3v) is 9.42. The maximum absolute atomic E-state index is 14.2. The van der Waals surface area contributed by atoms with E-state index in [-0.39, 0.29) is 23.7 Å². The van der Waals surface area contributed by atoms with Gasteiger partial charge in [0.1, 0.15) is 11.5 Å². The highest BCUT2D eigenvalue weighted by atomic mass is 19.3. The number of rotatable bonds is 6. The summed E-state index contributed by atoms with van der Waals surface area (Å²) in [5, 5.41) is 8.13. The number of aromatic amines is 1. The lowest BCUT2D eigenvalue weighted by molar-refractivity contribution is -0.128. The quantitative estimate of drug-likeness (QED) is 0.296. The van der Waals surface area contributed by atoms with Crippen molar-refractivity contribution in [2.24, 2.45) is 0 Å². The number of amides is 1. The summed E-state index contributed by atoms with van der Waals surface area (Å²) in [7, 11) is 4.15. The molecule has 0 aliphatic carbocycles. The van der Waals surface area contributed by atoms with Crippen LogP contribution < -0.4 is 9.80 Å². The SMILES string of the molecule is C=CC(=O)N1C[C@H](C)N(c2nc(N3CC(N(C)C)C3)nc3c(C)c(-c4c(C)ccc5n[nH]c(C(F)F)c45)c(C)cc23)C[C@H]1C. The van der Waals surface area contributed by atoms with Crippen LogP contribution in [-0.2, 0) is 4.79 Å². The van der Waals surface area contributed by atoms with E-state index in [9.17, 15) is 13.6 Å². The molecule has 0 spiro atoms. The largest absolute Gasteiger partial charge is 0.349 e. The lowest BCUT2D eigenvalue weighted by atomic mass is 9.88. The molecule has 2 aromatic carbocycles. The molecule has 2 saturated heterocycles. The Morgan fingerprint density at radius 1 is 1.05 bits per heavy atom. The number of alkyl halides is 2. The Bertz CT molecular complexity index is 1780. The van der Waals surface area contributed by atoms with Gasteiger partial charge in [-0.1, -0.05) is 12.6 Å². The van der Waals surface area contributed by atoms with Crippen LogP contribution >= 0.6 is 0 Å². The molecule has 1 N–H and O–H groups in total. The number of aryl methyl sites for hydroxylation is 3. The number of hydrogen-bond donors (Lipinski definition) is 1. The number of hydrogen-bond acceptors (Lipinski definition) is 7. The minimum atomic E-state index is -2.69. The van der Waals surface area contributed by atoms with Crippen molar-refractivity contribution in [2.75, 3.05) is 50.1 Å². The fraction of sp³-hybridized carbons (Fsp3) is 0.455. The van der Waals surface area contributed by atoms with E-state index in [0.717, 1.165) is 57.6 Å². The highest BCUT2D eigenvalue weighted by Crippen LogP contribution is 2.43. The first-order chi connectivity index (χ1) is 20.9. The van der Waals surface area contributed by atoms with Crippen molar-refractivity contribution in [1.29, 1.82) is 0 Å². The van der Waals surface area contributed by atoms with Gasteiger partial charge in [0.2, 0.25) is 11.9 Å². The summed E-state index contributed by atoms with van der Waals surface area (Å²) in [4.78, 5) is 31.5. The molecule has 2 fully saturated rings. The zero-order chi connectivity index (χ0) is 31.6. The number of piperazine rings is 1. The van der Waals surface area contributed by atoms with E-state index in [1.165, 1.54) is 6.08 Å². The van der Waals surface area contributed by atoms with Gasteiger partial charge in [0.15, 0.2) is 0 Å². The molecular weight excluding hydrogens is 562 g/mol. The minimum Gasteiger partial charge on any atom is -0.349 e. The third-order valence-electron chi connectivity index (χ3n) is 9.42. The van der Waals surface area contributed by atoms with Crippen LogP contribution in [0.15, 0.2) is 30.9 Å². The molecule has 2 aliphatic rings. The summed E-state index contributed by atoms with van der Waals surface area (Å²) in [6.45, 7) is 16.6. The van der Waals surface area contributed by atoms with E-state index in [0.29, 0.717) is 36.0 Å². The number of nitrogens with one attached hydrogen (secondary N) is 1. The second-order valence-corrected chi connectivity index (χ2v) is 12.6. The first-order valence-corrected chi connectivity index (χ1v) is 15.1. The summed E-state index contributed by atoms with van der Waals surface area (Å²) in [5.41, 5.74) is 5.51. The molecule has 6 rings (SSSR count). The number of anilines is 2. The Morgan fingerprint density at radius 3 is 2.43 bits per heavy atom. The molecular formula is C33H40F2N8O. The van der Waals surface area contributed by atoms with E-state index < -0.39 is 6.43 Å². The van der Waals surface area contributed by atoms with Gasteiger partial charge in [-0.15, -0.1) is 0 Å². The van der Waals surface area contributed by atoms with Crippen LogP contribution in [0.25, 0.3) is 32.9 Å². The topological polar surface area (TPSA) is 84.5 Å². The first-order valence-electron chi connectivity index (χ1n) is 15.1. The number of likely N-dealkylation sites (N-methyl/N-ethyl adjacent to an activating group) is 1. The molecule has 44 heavy (non-hydrogen) atoms. The number of H-pyrrole nitrogens is 1. The number of benzene rings is 2. The van der Waals surface area contributed by atoms with E-state index >= 15 is 0 Å². The van der Waals surface area contributed by atoms with Crippen LogP contribution in [0.3, 0.4) is 0 Å². The van der Waals surface area contributed by atoms with Crippen molar-refractivity contribution < 1.29 is 13.6 Å². The molecule has 0 bridgehead atoms. The van der Waals surface area contributed by atoms with Crippen LogP contribution in [0.5, 0.6) is 0 Å². The zero-order valence-electron chi connectivity index (χ0n) is 26.4. The predicted octanol–water partition coefficient (Wildman–Crippen LogP) is 5.40. The third kappa shape index (κ3) is 4.77. The van der Waals surface area contributed by atoms with E-state index in [2.05, 4.69) is 58.6 Å². The Kier molecular flexibility index (Phi) is 7.55. The maximum Gasteiger partial charge on any atom is 0.280 e. The molecule has 0 radical (unpaired) electrons. The Balaban J connectivity index is 1.57. The van der Waals surface area contributed by atoms with Crippen molar-refractivity contribution in [3.63, 3.8) is 0 Å².